The van der Waals surface area contributed by atoms with Crippen LogP contribution >= 0.6 is 11.6 Å². The highest BCUT2D eigenvalue weighted by atomic mass is 35.5. The summed E-state index contributed by atoms with van der Waals surface area (Å²) < 4.78 is 0. The van der Waals surface area contributed by atoms with Gasteiger partial charge in [-0.15, -0.1) is 0 Å². The Morgan fingerprint density at radius 3 is 2.52 bits per heavy atom. The normalized spacial score (nSPS) is 22.3. The van der Waals surface area contributed by atoms with Crippen molar-refractivity contribution in [2.45, 2.75) is 63.2 Å². The third-order valence-corrected chi connectivity index (χ3v) is 5.52. The van der Waals surface area contributed by atoms with Gasteiger partial charge in [0.1, 0.15) is 0 Å². The second kappa shape index (κ2) is 7.78. The van der Waals surface area contributed by atoms with Crippen molar-refractivity contribution in [2.24, 2.45) is 5.10 Å². The molecule has 3 rings (SSSR count). The minimum absolute atomic E-state index is 0.0588. The van der Waals surface area contributed by atoms with Crippen LogP contribution in [-0.2, 0) is 4.79 Å². The largest absolute Gasteiger partial charge is 0.390 e. The number of carbonyl (C=O) groups excluding carboxylic acids is 1. The zero-order valence-electron chi connectivity index (χ0n) is 15.9. The van der Waals surface area contributed by atoms with Gasteiger partial charge in [-0.3, -0.25) is 9.80 Å². The van der Waals surface area contributed by atoms with E-state index in [1.165, 1.54) is 0 Å². The fraction of sp³-hybridized carbons (Fsp3) is 0.600. The van der Waals surface area contributed by atoms with E-state index in [0.717, 1.165) is 12.1 Å². The van der Waals surface area contributed by atoms with Gasteiger partial charge in [-0.1, -0.05) is 11.6 Å². The van der Waals surface area contributed by atoms with Crippen LogP contribution in [0.4, 0.5) is 5.69 Å². The lowest BCUT2D eigenvalue weighted by Crippen LogP contribution is -2.50. The Morgan fingerprint density at radius 1 is 1.30 bits per heavy atom. The van der Waals surface area contributed by atoms with Gasteiger partial charge >= 0.3 is 0 Å². The summed E-state index contributed by atoms with van der Waals surface area (Å²) in [6.07, 6.45) is 4.44. The van der Waals surface area contributed by atoms with Crippen molar-refractivity contribution in [3.05, 3.63) is 29.3 Å². The molecule has 0 aromatic heterocycles. The molecule has 1 aromatic carbocycles. The van der Waals surface area contributed by atoms with Crippen molar-refractivity contribution in [2.75, 3.05) is 18.1 Å². The molecule has 6 nitrogen and oxygen atoms in total. The third kappa shape index (κ3) is 5.21. The van der Waals surface area contributed by atoms with Crippen LogP contribution in [0.5, 0.6) is 0 Å². The van der Waals surface area contributed by atoms with Crippen LogP contribution < -0.4 is 5.01 Å². The molecule has 0 radical (unpaired) electrons. The molecule has 1 aromatic rings. The molecular weight excluding hydrogens is 366 g/mol. The van der Waals surface area contributed by atoms with Crippen molar-refractivity contribution >= 4 is 29.4 Å². The Bertz CT molecular complexity index is 691. The van der Waals surface area contributed by atoms with Gasteiger partial charge in [0, 0.05) is 30.7 Å². The second-order valence-corrected chi connectivity index (χ2v) is 8.74. The van der Waals surface area contributed by atoms with Crippen LogP contribution in [-0.4, -0.2) is 57.6 Å². The Morgan fingerprint density at radius 2 is 1.93 bits per heavy atom. The fourth-order valence-electron chi connectivity index (χ4n) is 3.79. The number of anilines is 1. The lowest BCUT2D eigenvalue weighted by Gasteiger charge is -2.41. The van der Waals surface area contributed by atoms with Crippen molar-refractivity contribution < 1.29 is 15.0 Å². The van der Waals surface area contributed by atoms with Crippen LogP contribution in [0.25, 0.3) is 0 Å². The Kier molecular flexibility index (Phi) is 5.79. The van der Waals surface area contributed by atoms with E-state index >= 15 is 0 Å². The molecule has 1 atom stereocenters. The van der Waals surface area contributed by atoms with Gasteiger partial charge in [0.25, 0.3) is 0 Å². The van der Waals surface area contributed by atoms with E-state index in [1.54, 1.807) is 18.7 Å². The van der Waals surface area contributed by atoms with Gasteiger partial charge in [-0.2, -0.15) is 5.10 Å². The minimum Gasteiger partial charge on any atom is -0.390 e. The molecule has 7 heteroatoms. The molecule has 2 N–H and O–H groups in total. The highest BCUT2D eigenvalue weighted by molar-refractivity contribution is 6.30. The molecule has 0 bridgehead atoms. The van der Waals surface area contributed by atoms with Crippen LogP contribution in [0, 0.1) is 0 Å². The van der Waals surface area contributed by atoms with Crippen molar-refractivity contribution in [1.82, 2.24) is 4.90 Å². The number of piperidine rings is 1. The number of halogens is 1. The zero-order valence-corrected chi connectivity index (χ0v) is 16.7. The molecule has 0 saturated carbocycles. The predicted octanol–water partition coefficient (Wildman–Crippen LogP) is 2.81. The number of hydrogen-bond donors (Lipinski definition) is 2. The van der Waals surface area contributed by atoms with E-state index in [9.17, 15) is 15.0 Å². The number of amides is 1. The molecule has 1 unspecified atom stereocenters. The summed E-state index contributed by atoms with van der Waals surface area (Å²) in [7, 11) is 0. The summed E-state index contributed by atoms with van der Waals surface area (Å²) in [5.74, 6) is -0.0588. The maximum atomic E-state index is 12.3. The maximum absolute atomic E-state index is 12.3. The van der Waals surface area contributed by atoms with E-state index < -0.39 is 11.2 Å². The molecule has 2 aliphatic rings. The Hall–Kier alpha value is -1.63. The molecule has 148 valence electrons. The molecule has 1 amide bonds. The van der Waals surface area contributed by atoms with Gasteiger partial charge < -0.3 is 15.1 Å². The Balaban J connectivity index is 1.58. The van der Waals surface area contributed by atoms with Gasteiger partial charge in [0.15, 0.2) is 0 Å². The average Bonchev–Trinajstić information content (AvgIpc) is 3.02. The molecule has 27 heavy (non-hydrogen) atoms. The van der Waals surface area contributed by atoms with E-state index in [4.69, 9.17) is 11.6 Å². The van der Waals surface area contributed by atoms with E-state index in [2.05, 4.69) is 5.10 Å². The van der Waals surface area contributed by atoms with Gasteiger partial charge in [-0.25, -0.2) is 0 Å². The molecule has 1 saturated heterocycles. The van der Waals surface area contributed by atoms with Crippen molar-refractivity contribution in [3.63, 3.8) is 0 Å². The number of likely N-dealkylation sites (tertiary alicyclic amines) is 1. The first-order chi connectivity index (χ1) is 12.7. The second-order valence-electron chi connectivity index (χ2n) is 8.31. The number of rotatable bonds is 5. The molecule has 0 aliphatic carbocycles. The van der Waals surface area contributed by atoms with Gasteiger partial charge in [-0.05, 0) is 57.4 Å². The van der Waals surface area contributed by atoms with Gasteiger partial charge in [0.05, 0.1) is 29.4 Å². The first kappa shape index (κ1) is 20.1. The molecule has 0 spiro atoms. The average molecular weight is 394 g/mol. The lowest BCUT2D eigenvalue weighted by atomic mass is 9.84. The number of nitrogens with zero attached hydrogens (tertiary/aromatic N) is 3. The van der Waals surface area contributed by atoms with E-state index in [-0.39, 0.29) is 18.4 Å². The smallest absolute Gasteiger partial charge is 0.225 e. The summed E-state index contributed by atoms with van der Waals surface area (Å²) in [6, 6.07) is 7.63. The number of hydrogen-bond acceptors (Lipinski definition) is 5. The zero-order chi connectivity index (χ0) is 19.7. The molecule has 2 aliphatic heterocycles. The summed E-state index contributed by atoms with van der Waals surface area (Å²) in [4.78, 5) is 14.0. The minimum atomic E-state index is -1.01. The monoisotopic (exact) mass is 393 g/mol. The van der Waals surface area contributed by atoms with Crippen LogP contribution in [0.2, 0.25) is 5.02 Å². The number of benzene rings is 1. The van der Waals surface area contributed by atoms with Crippen molar-refractivity contribution in [1.29, 1.82) is 0 Å². The van der Waals surface area contributed by atoms with Gasteiger partial charge in [0.2, 0.25) is 5.91 Å². The SMILES string of the molecule is CC(C)(O)CC(=O)N1CCC(O)(CC2CC=NN2c2ccc(Cl)cc2)CC1. The summed E-state index contributed by atoms with van der Waals surface area (Å²) in [6.45, 7) is 4.30. The highest BCUT2D eigenvalue weighted by Crippen LogP contribution is 2.33. The highest BCUT2D eigenvalue weighted by Gasteiger charge is 2.39. The first-order valence-corrected chi connectivity index (χ1v) is 9.83. The molecular formula is C20H28ClN3O3. The lowest BCUT2D eigenvalue weighted by molar-refractivity contribution is -0.139. The summed E-state index contributed by atoms with van der Waals surface area (Å²) in [5, 5.41) is 28.0. The topological polar surface area (TPSA) is 76.4 Å². The predicted molar refractivity (Wildman–Crippen MR) is 107 cm³/mol. The van der Waals surface area contributed by atoms with Crippen LogP contribution in [0.1, 0.15) is 46.0 Å². The van der Waals surface area contributed by atoms with E-state index in [1.807, 2.05) is 35.5 Å². The molecule has 2 heterocycles. The summed E-state index contributed by atoms with van der Waals surface area (Å²) in [5.41, 5.74) is -0.862. The standard InChI is InChI=1S/C20H28ClN3O3/c1-19(2,26)14-18(25)23-11-8-20(27,9-12-23)13-17-7-10-22-24(17)16-5-3-15(21)4-6-16/h3-6,10,17,26-27H,7-9,11-14H2,1-2H3. The van der Waals surface area contributed by atoms with Crippen LogP contribution in [0.15, 0.2) is 29.4 Å². The first-order valence-electron chi connectivity index (χ1n) is 9.45. The third-order valence-electron chi connectivity index (χ3n) is 5.27. The number of hydrazone groups is 1. The summed E-state index contributed by atoms with van der Waals surface area (Å²) >= 11 is 5.97. The molecule has 1 fully saturated rings. The number of carbonyl (C=O) groups is 1. The van der Waals surface area contributed by atoms with Crippen LogP contribution in [0.3, 0.4) is 0 Å². The Labute approximate surface area is 165 Å². The van der Waals surface area contributed by atoms with Crippen molar-refractivity contribution in [3.8, 4) is 0 Å². The van der Waals surface area contributed by atoms with E-state index in [0.29, 0.717) is 37.4 Å². The maximum Gasteiger partial charge on any atom is 0.225 e. The number of aliphatic hydroxyl groups is 2. The quantitative estimate of drug-likeness (QED) is 0.806. The fourth-order valence-corrected chi connectivity index (χ4v) is 3.91.